The smallest absolute Gasteiger partial charge is 0.131 e. The summed E-state index contributed by atoms with van der Waals surface area (Å²) in [5.74, 6) is -0.904. The third-order valence-corrected chi connectivity index (χ3v) is 2.77. The average molecular weight is 233 g/mol. The normalized spacial score (nSPS) is 10.6. The van der Waals surface area contributed by atoms with Crippen LogP contribution in [0.25, 0.3) is 11.1 Å². The van der Waals surface area contributed by atoms with Crippen LogP contribution in [0.15, 0.2) is 30.3 Å². The van der Waals surface area contributed by atoms with Gasteiger partial charge in [-0.2, -0.15) is 0 Å². The van der Waals surface area contributed by atoms with Gasteiger partial charge in [0.05, 0.1) is 0 Å². The summed E-state index contributed by atoms with van der Waals surface area (Å²) in [7, 11) is 0. The van der Waals surface area contributed by atoms with Crippen molar-refractivity contribution in [3.63, 3.8) is 0 Å². The number of anilines is 1. The molecule has 0 saturated heterocycles. The minimum Gasteiger partial charge on any atom is -0.398 e. The highest BCUT2D eigenvalue weighted by Gasteiger charge is 2.12. The quantitative estimate of drug-likeness (QED) is 0.744. The first-order valence-electron chi connectivity index (χ1n) is 5.31. The van der Waals surface area contributed by atoms with Crippen molar-refractivity contribution in [2.24, 2.45) is 0 Å². The van der Waals surface area contributed by atoms with Crippen LogP contribution in [-0.4, -0.2) is 0 Å². The Bertz CT molecular complexity index is 577. The van der Waals surface area contributed by atoms with E-state index in [0.717, 1.165) is 5.56 Å². The van der Waals surface area contributed by atoms with Crippen LogP contribution in [-0.2, 0) is 0 Å². The van der Waals surface area contributed by atoms with Gasteiger partial charge in [-0.25, -0.2) is 8.78 Å². The van der Waals surface area contributed by atoms with Gasteiger partial charge in [-0.15, -0.1) is 0 Å². The fourth-order valence-corrected chi connectivity index (χ4v) is 1.74. The fraction of sp³-hybridized carbons (Fsp3) is 0.143. The van der Waals surface area contributed by atoms with Gasteiger partial charge in [-0.3, -0.25) is 0 Å². The molecule has 0 spiro atoms. The minimum absolute atomic E-state index is 0.203. The maximum absolute atomic E-state index is 13.8. The van der Waals surface area contributed by atoms with Crippen LogP contribution in [0.1, 0.15) is 11.1 Å². The number of rotatable bonds is 1. The van der Waals surface area contributed by atoms with Gasteiger partial charge in [0.15, 0.2) is 0 Å². The van der Waals surface area contributed by atoms with Gasteiger partial charge in [0.25, 0.3) is 0 Å². The van der Waals surface area contributed by atoms with E-state index in [1.165, 1.54) is 18.2 Å². The van der Waals surface area contributed by atoms with Gasteiger partial charge in [-0.05, 0) is 43.7 Å². The zero-order chi connectivity index (χ0) is 12.6. The number of halogens is 2. The van der Waals surface area contributed by atoms with Crippen LogP contribution in [0.3, 0.4) is 0 Å². The van der Waals surface area contributed by atoms with Gasteiger partial charge in [-0.1, -0.05) is 11.6 Å². The molecular weight excluding hydrogens is 220 g/mol. The summed E-state index contributed by atoms with van der Waals surface area (Å²) in [6.45, 7) is 3.55. The molecule has 0 aliphatic heterocycles. The highest BCUT2D eigenvalue weighted by Crippen LogP contribution is 2.29. The summed E-state index contributed by atoms with van der Waals surface area (Å²) < 4.78 is 27.5. The summed E-state index contributed by atoms with van der Waals surface area (Å²) in [6.07, 6.45) is 0. The molecule has 2 rings (SSSR count). The molecule has 3 heteroatoms. The molecule has 0 aliphatic rings. The van der Waals surface area contributed by atoms with Crippen molar-refractivity contribution in [2.75, 3.05) is 5.73 Å². The van der Waals surface area contributed by atoms with Gasteiger partial charge >= 0.3 is 0 Å². The standard InChI is InChI=1S/C14H13F2N/c1-8-3-4-12(15)10(5-8)11-7-14(17)9(2)6-13(11)16/h3-7H,17H2,1-2H3. The Labute approximate surface area is 98.9 Å². The molecule has 0 atom stereocenters. The summed E-state index contributed by atoms with van der Waals surface area (Å²) in [5, 5.41) is 0. The van der Waals surface area contributed by atoms with Gasteiger partial charge in [0.1, 0.15) is 11.6 Å². The van der Waals surface area contributed by atoms with Crippen LogP contribution < -0.4 is 5.73 Å². The lowest BCUT2D eigenvalue weighted by atomic mass is 10.00. The van der Waals surface area contributed by atoms with Crippen LogP contribution in [0.4, 0.5) is 14.5 Å². The third kappa shape index (κ3) is 2.13. The van der Waals surface area contributed by atoms with Crippen molar-refractivity contribution >= 4 is 5.69 Å². The summed E-state index contributed by atoms with van der Waals surface area (Å²) >= 11 is 0. The Morgan fingerprint density at radius 1 is 0.882 bits per heavy atom. The molecule has 0 amide bonds. The van der Waals surface area contributed by atoms with E-state index in [4.69, 9.17) is 5.73 Å². The van der Waals surface area contributed by atoms with Gasteiger partial charge in [0, 0.05) is 16.8 Å². The lowest BCUT2D eigenvalue weighted by Crippen LogP contribution is -1.95. The highest BCUT2D eigenvalue weighted by molar-refractivity contribution is 5.70. The Morgan fingerprint density at radius 2 is 1.53 bits per heavy atom. The van der Waals surface area contributed by atoms with E-state index in [1.54, 1.807) is 19.1 Å². The maximum Gasteiger partial charge on any atom is 0.131 e. The monoisotopic (exact) mass is 233 g/mol. The van der Waals surface area contributed by atoms with E-state index in [1.807, 2.05) is 6.92 Å². The second-order valence-electron chi connectivity index (χ2n) is 4.17. The fourth-order valence-electron chi connectivity index (χ4n) is 1.74. The molecule has 0 unspecified atom stereocenters. The van der Waals surface area contributed by atoms with E-state index in [0.29, 0.717) is 11.3 Å². The van der Waals surface area contributed by atoms with E-state index < -0.39 is 11.6 Å². The molecule has 88 valence electrons. The zero-order valence-corrected chi connectivity index (χ0v) is 9.72. The second kappa shape index (κ2) is 4.17. The number of hydrogen-bond donors (Lipinski definition) is 1. The Morgan fingerprint density at radius 3 is 2.24 bits per heavy atom. The predicted molar refractivity (Wildman–Crippen MR) is 65.7 cm³/mol. The molecule has 0 aliphatic carbocycles. The molecular formula is C14H13F2N. The minimum atomic E-state index is -0.457. The molecule has 0 heterocycles. The second-order valence-corrected chi connectivity index (χ2v) is 4.17. The molecule has 0 aromatic heterocycles. The predicted octanol–water partition coefficient (Wildman–Crippen LogP) is 3.83. The first-order chi connectivity index (χ1) is 7.99. The van der Waals surface area contributed by atoms with E-state index >= 15 is 0 Å². The molecule has 1 nitrogen and oxygen atoms in total. The summed E-state index contributed by atoms with van der Waals surface area (Å²) in [4.78, 5) is 0. The first-order valence-corrected chi connectivity index (χ1v) is 5.31. The molecule has 2 N–H and O–H groups in total. The number of hydrogen-bond acceptors (Lipinski definition) is 1. The maximum atomic E-state index is 13.8. The van der Waals surface area contributed by atoms with Gasteiger partial charge < -0.3 is 5.73 Å². The Hall–Kier alpha value is -1.90. The van der Waals surface area contributed by atoms with Crippen LogP contribution in [0.2, 0.25) is 0 Å². The topological polar surface area (TPSA) is 26.0 Å². The van der Waals surface area contributed by atoms with Crippen LogP contribution in [0, 0.1) is 25.5 Å². The molecule has 2 aromatic carbocycles. The molecule has 0 saturated carbocycles. The van der Waals surface area contributed by atoms with Gasteiger partial charge in [0.2, 0.25) is 0 Å². The van der Waals surface area contributed by atoms with E-state index in [2.05, 4.69) is 0 Å². The summed E-state index contributed by atoms with van der Waals surface area (Å²) in [6, 6.07) is 7.39. The molecule has 0 bridgehead atoms. The molecule has 17 heavy (non-hydrogen) atoms. The number of aryl methyl sites for hydroxylation is 2. The lowest BCUT2D eigenvalue weighted by molar-refractivity contribution is 0.615. The summed E-state index contributed by atoms with van der Waals surface area (Å²) in [5.41, 5.74) is 8.16. The van der Waals surface area contributed by atoms with Crippen molar-refractivity contribution in [3.8, 4) is 11.1 Å². The number of nitrogens with two attached hydrogens (primary N) is 1. The third-order valence-electron chi connectivity index (χ3n) is 2.77. The van der Waals surface area contributed by atoms with Crippen LogP contribution >= 0.6 is 0 Å². The molecule has 0 fully saturated rings. The van der Waals surface area contributed by atoms with Crippen molar-refractivity contribution < 1.29 is 8.78 Å². The lowest BCUT2D eigenvalue weighted by Gasteiger charge is -2.09. The SMILES string of the molecule is Cc1ccc(F)c(-c2cc(N)c(C)cc2F)c1. The average Bonchev–Trinajstić information content (AvgIpc) is 2.27. The zero-order valence-electron chi connectivity index (χ0n) is 9.72. The molecule has 2 aromatic rings. The van der Waals surface area contributed by atoms with Crippen molar-refractivity contribution in [2.45, 2.75) is 13.8 Å². The Balaban J connectivity index is 2.68. The van der Waals surface area contributed by atoms with E-state index in [-0.39, 0.29) is 11.1 Å². The van der Waals surface area contributed by atoms with Crippen molar-refractivity contribution in [1.29, 1.82) is 0 Å². The number of benzene rings is 2. The van der Waals surface area contributed by atoms with Crippen LogP contribution in [0.5, 0.6) is 0 Å². The van der Waals surface area contributed by atoms with Crippen molar-refractivity contribution in [3.05, 3.63) is 53.1 Å². The van der Waals surface area contributed by atoms with E-state index in [9.17, 15) is 8.78 Å². The highest BCUT2D eigenvalue weighted by atomic mass is 19.1. The first kappa shape index (κ1) is 11.6. The Kier molecular flexibility index (Phi) is 2.84. The molecule has 0 radical (unpaired) electrons. The number of nitrogen functional groups attached to an aromatic ring is 1. The van der Waals surface area contributed by atoms with Crippen molar-refractivity contribution in [1.82, 2.24) is 0 Å². The largest absolute Gasteiger partial charge is 0.398 e.